The molecule has 2 aromatic carbocycles. The molecule has 3 aromatic rings. The van der Waals surface area contributed by atoms with Crippen molar-refractivity contribution >= 4 is 11.6 Å². The molecule has 0 spiro atoms. The van der Waals surface area contributed by atoms with Crippen LogP contribution in [0.5, 0.6) is 5.75 Å². The molecule has 0 aliphatic carbocycles. The summed E-state index contributed by atoms with van der Waals surface area (Å²) in [4.78, 5) is 28.0. The van der Waals surface area contributed by atoms with E-state index in [4.69, 9.17) is 4.74 Å². The fourth-order valence-electron chi connectivity index (χ4n) is 6.15. The first-order valence-electron chi connectivity index (χ1n) is 12.0. The number of carbonyl (C=O) groups excluding carboxylic acids is 1. The summed E-state index contributed by atoms with van der Waals surface area (Å²) in [5.74, 6) is -3.78. The predicted octanol–water partition coefficient (Wildman–Crippen LogP) is 2.84. The van der Waals surface area contributed by atoms with Gasteiger partial charge >= 0.3 is 6.05 Å². The van der Waals surface area contributed by atoms with Crippen molar-refractivity contribution in [3.05, 3.63) is 92.4 Å². The number of hydrogen-bond acceptors (Lipinski definition) is 6. The van der Waals surface area contributed by atoms with Crippen LogP contribution in [-0.4, -0.2) is 52.6 Å². The second-order valence-electron chi connectivity index (χ2n) is 9.77. The lowest BCUT2D eigenvalue weighted by Gasteiger charge is -2.51. The lowest BCUT2D eigenvalue weighted by molar-refractivity contribution is -0.0196. The average Bonchev–Trinajstić information content (AvgIpc) is 3.05. The number of rotatable bonds is 1. The topological polar surface area (TPSA) is 78.2 Å². The van der Waals surface area contributed by atoms with E-state index >= 15 is 13.2 Å². The van der Waals surface area contributed by atoms with Gasteiger partial charge in [0.05, 0.1) is 31.9 Å². The molecule has 0 unspecified atom stereocenters. The summed E-state index contributed by atoms with van der Waals surface area (Å²) in [5.41, 5.74) is -0.175. The van der Waals surface area contributed by atoms with E-state index in [1.807, 2.05) is 0 Å². The molecule has 1 aromatic heterocycles. The molecule has 1 fully saturated rings. The van der Waals surface area contributed by atoms with Crippen LogP contribution in [0, 0.1) is 11.6 Å². The maximum atomic E-state index is 15.4. The number of carbonyl (C=O) groups is 1. The number of morpholine rings is 1. The van der Waals surface area contributed by atoms with Crippen LogP contribution in [0.4, 0.5) is 23.2 Å². The van der Waals surface area contributed by atoms with Crippen LogP contribution in [-0.2, 0) is 17.7 Å². The average molecular weight is 528 g/mol. The van der Waals surface area contributed by atoms with Crippen LogP contribution >= 0.6 is 0 Å². The van der Waals surface area contributed by atoms with Crippen LogP contribution in [0.25, 0.3) is 0 Å². The monoisotopic (exact) mass is 528 g/mol. The first kappa shape index (κ1) is 23.1. The maximum absolute atomic E-state index is 15.4. The highest BCUT2D eigenvalue weighted by molar-refractivity contribution is 5.96. The number of aromatic hydroxyl groups is 1. The van der Waals surface area contributed by atoms with Gasteiger partial charge in [-0.15, -0.1) is 0 Å². The summed E-state index contributed by atoms with van der Waals surface area (Å²) in [7, 11) is 0. The Morgan fingerprint density at radius 1 is 1.05 bits per heavy atom. The highest BCUT2D eigenvalue weighted by Gasteiger charge is 2.52. The normalized spacial score (nSPS) is 22.9. The Balaban J connectivity index is 1.57. The van der Waals surface area contributed by atoms with Crippen LogP contribution < -0.4 is 15.3 Å². The summed E-state index contributed by atoms with van der Waals surface area (Å²) in [5, 5.41) is 12.3. The number of aromatic nitrogens is 1. The molecule has 12 heteroatoms. The van der Waals surface area contributed by atoms with Gasteiger partial charge in [0.1, 0.15) is 12.2 Å². The Morgan fingerprint density at radius 2 is 1.87 bits per heavy atom. The Hall–Kier alpha value is -4.06. The van der Waals surface area contributed by atoms with Crippen molar-refractivity contribution in [3.8, 4) is 5.75 Å². The lowest BCUT2D eigenvalue weighted by atomic mass is 9.91. The molecule has 0 saturated carbocycles. The molecule has 1 N–H and O–H groups in total. The summed E-state index contributed by atoms with van der Waals surface area (Å²) in [6.45, 7) is -0.221. The molecular formula is C26H20F4N4O4. The molecule has 7 rings (SSSR count). The molecular weight excluding hydrogens is 508 g/mol. The SMILES string of the molecule is O=C1c2c(O)c(=O)ccn2N([C@H]2c3ccc(F)c(F)c3CN3c4c(cccc42)CC3(F)F)[C@@H]2COCCN12. The van der Waals surface area contributed by atoms with Crippen molar-refractivity contribution < 1.29 is 32.2 Å². The Kier molecular flexibility index (Phi) is 4.70. The van der Waals surface area contributed by atoms with E-state index in [9.17, 15) is 19.1 Å². The van der Waals surface area contributed by atoms with Gasteiger partial charge in [0.25, 0.3) is 5.91 Å². The van der Waals surface area contributed by atoms with Crippen LogP contribution in [0.15, 0.2) is 47.4 Å². The van der Waals surface area contributed by atoms with Gasteiger partial charge in [-0.1, -0.05) is 24.3 Å². The number of nitrogens with zero attached hydrogens (tertiary/aromatic N) is 4. The van der Waals surface area contributed by atoms with Gasteiger partial charge in [-0.05, 0) is 17.2 Å². The minimum absolute atomic E-state index is 0.0163. The number of alkyl halides is 2. The minimum atomic E-state index is -3.35. The van der Waals surface area contributed by atoms with Crippen molar-refractivity contribution in [2.75, 3.05) is 29.7 Å². The van der Waals surface area contributed by atoms with Gasteiger partial charge < -0.3 is 19.6 Å². The number of amides is 1. The quantitative estimate of drug-likeness (QED) is 0.387. The second kappa shape index (κ2) is 7.73. The largest absolute Gasteiger partial charge is 0.502 e. The van der Waals surface area contributed by atoms with E-state index < -0.39 is 59.9 Å². The first-order valence-corrected chi connectivity index (χ1v) is 12.0. The summed E-state index contributed by atoms with van der Waals surface area (Å²) < 4.78 is 67.4. The fourth-order valence-corrected chi connectivity index (χ4v) is 6.15. The molecule has 4 aliphatic heterocycles. The van der Waals surface area contributed by atoms with Crippen molar-refractivity contribution in [2.45, 2.75) is 31.2 Å². The molecule has 2 atom stereocenters. The molecule has 196 valence electrons. The Labute approximate surface area is 212 Å². The van der Waals surface area contributed by atoms with Crippen molar-refractivity contribution in [3.63, 3.8) is 0 Å². The number of hydrogen-bond donors (Lipinski definition) is 1. The second-order valence-corrected chi connectivity index (χ2v) is 9.77. The van der Waals surface area contributed by atoms with E-state index in [2.05, 4.69) is 0 Å². The number of para-hydroxylation sites is 1. The van der Waals surface area contributed by atoms with Crippen molar-refractivity contribution in [2.24, 2.45) is 0 Å². The van der Waals surface area contributed by atoms with Crippen LogP contribution in [0.1, 0.15) is 38.8 Å². The van der Waals surface area contributed by atoms with Gasteiger partial charge in [0.15, 0.2) is 23.1 Å². The molecule has 5 heterocycles. The zero-order valence-corrected chi connectivity index (χ0v) is 19.7. The maximum Gasteiger partial charge on any atom is 0.330 e. The van der Waals surface area contributed by atoms with Gasteiger partial charge in [-0.3, -0.25) is 19.3 Å². The molecule has 1 amide bonds. The highest BCUT2D eigenvalue weighted by Crippen LogP contribution is 2.51. The smallest absolute Gasteiger partial charge is 0.330 e. The van der Waals surface area contributed by atoms with E-state index in [0.717, 1.165) is 17.0 Å². The number of benzene rings is 2. The van der Waals surface area contributed by atoms with Gasteiger partial charge in [-0.2, -0.15) is 8.78 Å². The van der Waals surface area contributed by atoms with E-state index in [-0.39, 0.29) is 42.3 Å². The zero-order valence-electron chi connectivity index (χ0n) is 19.7. The first-order chi connectivity index (χ1) is 18.2. The highest BCUT2D eigenvalue weighted by atomic mass is 19.3. The number of anilines is 1. The standard InChI is InChI=1S/C26H20F4N4O4/c27-17-5-4-14-16(20(17)28)11-32-21-13(10-26(32,29)30)2-1-3-15(21)22(14)34-19-12-38-9-8-31(19)25(37)23-24(36)18(35)6-7-33(23)34/h1-7,19,22,36H,8-12H2/t19-,22+/m1/s1. The third-order valence-electron chi connectivity index (χ3n) is 7.80. The summed E-state index contributed by atoms with van der Waals surface area (Å²) >= 11 is 0. The van der Waals surface area contributed by atoms with Crippen molar-refractivity contribution in [1.29, 1.82) is 0 Å². The Morgan fingerprint density at radius 3 is 2.68 bits per heavy atom. The van der Waals surface area contributed by atoms with Crippen molar-refractivity contribution in [1.82, 2.24) is 9.58 Å². The predicted molar refractivity (Wildman–Crippen MR) is 126 cm³/mol. The molecule has 4 aliphatic rings. The zero-order chi connectivity index (χ0) is 26.5. The molecule has 0 bridgehead atoms. The minimum Gasteiger partial charge on any atom is -0.502 e. The third kappa shape index (κ3) is 2.94. The fraction of sp³-hybridized carbons (Fsp3) is 0.308. The Bertz CT molecular complexity index is 1590. The summed E-state index contributed by atoms with van der Waals surface area (Å²) in [6.07, 6.45) is -0.0987. The van der Waals surface area contributed by atoms with Gasteiger partial charge in [-0.25, -0.2) is 8.78 Å². The molecule has 1 saturated heterocycles. The number of halogens is 4. The molecule has 38 heavy (non-hydrogen) atoms. The van der Waals surface area contributed by atoms with E-state index in [0.29, 0.717) is 11.1 Å². The van der Waals surface area contributed by atoms with Crippen LogP contribution in [0.3, 0.4) is 0 Å². The molecule has 8 nitrogen and oxygen atoms in total. The van der Waals surface area contributed by atoms with Crippen LogP contribution in [0.2, 0.25) is 0 Å². The number of fused-ring (bicyclic) bond motifs is 3. The van der Waals surface area contributed by atoms with Gasteiger partial charge in [0, 0.05) is 29.9 Å². The third-order valence-corrected chi connectivity index (χ3v) is 7.80. The van der Waals surface area contributed by atoms with E-state index in [1.54, 1.807) is 23.2 Å². The number of pyridine rings is 1. The lowest BCUT2D eigenvalue weighted by Crippen LogP contribution is -2.66. The molecule has 0 radical (unpaired) electrons. The number of ether oxygens (including phenoxy) is 1. The summed E-state index contributed by atoms with van der Waals surface area (Å²) in [6, 6.07) is 3.85. The van der Waals surface area contributed by atoms with E-state index in [1.165, 1.54) is 21.8 Å². The van der Waals surface area contributed by atoms with Gasteiger partial charge in [0.2, 0.25) is 5.43 Å².